The summed E-state index contributed by atoms with van der Waals surface area (Å²) in [7, 11) is 0. The average Bonchev–Trinajstić information content (AvgIpc) is 2.40. The molecule has 1 aliphatic carbocycles. The third kappa shape index (κ3) is 3.98. The van der Waals surface area contributed by atoms with Crippen LogP contribution in [0, 0.1) is 5.92 Å². The lowest BCUT2D eigenvalue weighted by molar-refractivity contribution is 0.0956. The smallest absolute Gasteiger partial charge is 0.251 e. The molecule has 1 saturated carbocycles. The maximum Gasteiger partial charge on any atom is 0.251 e. The van der Waals surface area contributed by atoms with Gasteiger partial charge in [0.2, 0.25) is 0 Å². The van der Waals surface area contributed by atoms with Crippen molar-refractivity contribution >= 4 is 11.6 Å². The molecule has 2 rings (SSSR count). The van der Waals surface area contributed by atoms with Crippen LogP contribution in [0.3, 0.4) is 0 Å². The van der Waals surface area contributed by atoms with Crippen LogP contribution in [0.2, 0.25) is 0 Å². The molecule has 0 saturated heterocycles. The third-order valence-corrected chi connectivity index (χ3v) is 3.79. The molecule has 1 aliphatic rings. The first kappa shape index (κ1) is 13.9. The maximum absolute atomic E-state index is 11.7. The van der Waals surface area contributed by atoms with E-state index in [4.69, 9.17) is 0 Å². The van der Waals surface area contributed by atoms with E-state index in [1.807, 2.05) is 31.2 Å². The van der Waals surface area contributed by atoms with Crippen LogP contribution < -0.4 is 10.6 Å². The van der Waals surface area contributed by atoms with E-state index >= 15 is 0 Å². The van der Waals surface area contributed by atoms with Gasteiger partial charge < -0.3 is 10.6 Å². The Morgan fingerprint density at radius 3 is 2.63 bits per heavy atom. The Bertz CT molecular complexity index is 413. The third-order valence-electron chi connectivity index (χ3n) is 3.79. The highest BCUT2D eigenvalue weighted by molar-refractivity contribution is 5.94. The van der Waals surface area contributed by atoms with Crippen LogP contribution in [-0.2, 0) is 0 Å². The highest BCUT2D eigenvalue weighted by atomic mass is 16.1. The molecule has 3 nitrogen and oxygen atoms in total. The first-order valence-electron chi connectivity index (χ1n) is 7.34. The first-order valence-corrected chi connectivity index (χ1v) is 7.34. The van der Waals surface area contributed by atoms with Gasteiger partial charge in [-0.2, -0.15) is 0 Å². The van der Waals surface area contributed by atoms with Crippen molar-refractivity contribution in [3.05, 3.63) is 29.8 Å². The van der Waals surface area contributed by atoms with Gasteiger partial charge in [0, 0.05) is 23.8 Å². The predicted octanol–water partition coefficient (Wildman–Crippen LogP) is 3.43. The lowest BCUT2D eigenvalue weighted by atomic mass is 9.87. The molecule has 2 atom stereocenters. The Morgan fingerprint density at radius 1 is 1.26 bits per heavy atom. The summed E-state index contributed by atoms with van der Waals surface area (Å²) >= 11 is 0. The number of carbonyl (C=O) groups excluding carboxylic acids is 1. The summed E-state index contributed by atoms with van der Waals surface area (Å²) in [5.74, 6) is 0.821. The van der Waals surface area contributed by atoms with Crippen LogP contribution in [0.5, 0.6) is 0 Å². The summed E-state index contributed by atoms with van der Waals surface area (Å²) < 4.78 is 0. The quantitative estimate of drug-likeness (QED) is 0.871. The minimum absolute atomic E-state index is 0.000314. The van der Waals surface area contributed by atoms with Gasteiger partial charge in [-0.1, -0.05) is 19.8 Å². The number of hydrogen-bond acceptors (Lipinski definition) is 2. The van der Waals surface area contributed by atoms with Crippen LogP contribution in [0.15, 0.2) is 24.3 Å². The molecule has 0 bridgehead atoms. The van der Waals surface area contributed by atoms with Crippen LogP contribution >= 0.6 is 0 Å². The van der Waals surface area contributed by atoms with Crippen molar-refractivity contribution in [2.24, 2.45) is 5.92 Å². The molecule has 1 fully saturated rings. The van der Waals surface area contributed by atoms with E-state index in [9.17, 15) is 4.79 Å². The first-order chi connectivity index (χ1) is 9.19. The van der Waals surface area contributed by atoms with Crippen LogP contribution in [0.4, 0.5) is 5.69 Å². The molecule has 1 aromatic rings. The van der Waals surface area contributed by atoms with E-state index in [1.54, 1.807) is 0 Å². The topological polar surface area (TPSA) is 41.1 Å². The fraction of sp³-hybridized carbons (Fsp3) is 0.562. The number of benzene rings is 1. The molecule has 19 heavy (non-hydrogen) atoms. The largest absolute Gasteiger partial charge is 0.382 e. The van der Waals surface area contributed by atoms with Gasteiger partial charge in [-0.15, -0.1) is 0 Å². The van der Waals surface area contributed by atoms with Crippen molar-refractivity contribution < 1.29 is 4.79 Å². The second-order valence-electron chi connectivity index (χ2n) is 5.55. The molecule has 1 aromatic carbocycles. The molecule has 104 valence electrons. The standard InChI is InChI=1S/C16H24N2O/c1-3-17-16(19)13-7-9-14(10-8-13)18-15-6-4-5-12(2)11-15/h7-10,12,15,18H,3-6,11H2,1-2H3,(H,17,19). The Kier molecular flexibility index (Phi) is 4.83. The summed E-state index contributed by atoms with van der Waals surface area (Å²) in [6.07, 6.45) is 5.17. The molecular weight excluding hydrogens is 236 g/mol. The summed E-state index contributed by atoms with van der Waals surface area (Å²) in [5, 5.41) is 6.39. The summed E-state index contributed by atoms with van der Waals surface area (Å²) in [4.78, 5) is 11.7. The number of rotatable bonds is 4. The second kappa shape index (κ2) is 6.60. The Hall–Kier alpha value is -1.51. The van der Waals surface area contributed by atoms with Crippen molar-refractivity contribution in [1.29, 1.82) is 0 Å². The van der Waals surface area contributed by atoms with Gasteiger partial charge in [0.25, 0.3) is 5.91 Å². The minimum Gasteiger partial charge on any atom is -0.382 e. The maximum atomic E-state index is 11.7. The van der Waals surface area contributed by atoms with Gasteiger partial charge >= 0.3 is 0 Å². The van der Waals surface area contributed by atoms with Crippen molar-refractivity contribution in [3.63, 3.8) is 0 Å². The van der Waals surface area contributed by atoms with E-state index < -0.39 is 0 Å². The van der Waals surface area contributed by atoms with Crippen molar-refractivity contribution in [3.8, 4) is 0 Å². The van der Waals surface area contributed by atoms with Crippen molar-refractivity contribution in [2.45, 2.75) is 45.6 Å². The molecule has 2 unspecified atom stereocenters. The van der Waals surface area contributed by atoms with E-state index in [-0.39, 0.29) is 5.91 Å². The fourth-order valence-corrected chi connectivity index (χ4v) is 2.78. The molecule has 0 radical (unpaired) electrons. The lowest BCUT2D eigenvalue weighted by Gasteiger charge is -2.28. The Labute approximate surface area is 115 Å². The number of carbonyl (C=O) groups is 1. The number of amides is 1. The number of anilines is 1. The van der Waals surface area contributed by atoms with E-state index in [1.165, 1.54) is 25.7 Å². The summed E-state index contributed by atoms with van der Waals surface area (Å²) in [6.45, 7) is 4.92. The second-order valence-corrected chi connectivity index (χ2v) is 5.55. The minimum atomic E-state index is 0.000314. The Balaban J connectivity index is 1.93. The average molecular weight is 260 g/mol. The van der Waals surface area contributed by atoms with Crippen LogP contribution in [0.25, 0.3) is 0 Å². The Morgan fingerprint density at radius 2 is 2.00 bits per heavy atom. The molecule has 0 aromatic heterocycles. The van der Waals surface area contributed by atoms with E-state index in [2.05, 4.69) is 17.6 Å². The number of hydrogen-bond donors (Lipinski definition) is 2. The highest BCUT2D eigenvalue weighted by Gasteiger charge is 2.18. The molecule has 0 aliphatic heterocycles. The normalized spacial score (nSPS) is 22.8. The van der Waals surface area contributed by atoms with Gasteiger partial charge in [0.15, 0.2) is 0 Å². The zero-order valence-electron chi connectivity index (χ0n) is 11.9. The SMILES string of the molecule is CCNC(=O)c1ccc(NC2CCCC(C)C2)cc1. The molecular formula is C16H24N2O. The lowest BCUT2D eigenvalue weighted by Crippen LogP contribution is -2.26. The van der Waals surface area contributed by atoms with Crippen molar-refractivity contribution in [2.75, 3.05) is 11.9 Å². The van der Waals surface area contributed by atoms with E-state index in [0.717, 1.165) is 17.2 Å². The van der Waals surface area contributed by atoms with Crippen molar-refractivity contribution in [1.82, 2.24) is 5.32 Å². The van der Waals surface area contributed by atoms with Crippen LogP contribution in [0.1, 0.15) is 49.9 Å². The predicted molar refractivity (Wildman–Crippen MR) is 79.5 cm³/mol. The highest BCUT2D eigenvalue weighted by Crippen LogP contribution is 2.26. The van der Waals surface area contributed by atoms with Gasteiger partial charge in [-0.05, 0) is 49.9 Å². The van der Waals surface area contributed by atoms with Gasteiger partial charge in [0.1, 0.15) is 0 Å². The monoisotopic (exact) mass is 260 g/mol. The van der Waals surface area contributed by atoms with E-state index in [0.29, 0.717) is 12.6 Å². The van der Waals surface area contributed by atoms with Gasteiger partial charge in [-0.25, -0.2) is 0 Å². The molecule has 2 N–H and O–H groups in total. The summed E-state index contributed by atoms with van der Waals surface area (Å²) in [6, 6.07) is 8.37. The molecule has 0 heterocycles. The summed E-state index contributed by atoms with van der Waals surface area (Å²) in [5.41, 5.74) is 1.84. The fourth-order valence-electron chi connectivity index (χ4n) is 2.78. The molecule has 0 spiro atoms. The zero-order valence-corrected chi connectivity index (χ0v) is 11.9. The van der Waals surface area contributed by atoms with Gasteiger partial charge in [-0.3, -0.25) is 4.79 Å². The molecule has 3 heteroatoms. The zero-order chi connectivity index (χ0) is 13.7. The number of nitrogens with one attached hydrogen (secondary N) is 2. The van der Waals surface area contributed by atoms with Crippen LogP contribution in [-0.4, -0.2) is 18.5 Å². The molecule has 1 amide bonds. The van der Waals surface area contributed by atoms with Gasteiger partial charge in [0.05, 0.1) is 0 Å².